The zero-order chi connectivity index (χ0) is 23.8. The van der Waals surface area contributed by atoms with Crippen LogP contribution in [0.25, 0.3) is 26.1 Å². The molecule has 2 fully saturated rings. The van der Waals surface area contributed by atoms with Crippen LogP contribution in [0.2, 0.25) is 0 Å². The summed E-state index contributed by atoms with van der Waals surface area (Å²) in [4.78, 5) is 34.7. The average molecular weight is 492 g/mol. The van der Waals surface area contributed by atoms with Gasteiger partial charge in [-0.3, -0.25) is 14.0 Å². The molecular weight excluding hydrogens is 462 g/mol. The largest absolute Gasteiger partial charge is 0.378 e. The van der Waals surface area contributed by atoms with Gasteiger partial charge in [-0.1, -0.05) is 25.0 Å². The highest BCUT2D eigenvalue weighted by molar-refractivity contribution is 7.24. The lowest BCUT2D eigenvalue weighted by Gasteiger charge is -2.27. The molecule has 4 heterocycles. The summed E-state index contributed by atoms with van der Waals surface area (Å²) in [5.74, 6) is 0.492. The van der Waals surface area contributed by atoms with Crippen molar-refractivity contribution < 1.29 is 9.53 Å². The van der Waals surface area contributed by atoms with E-state index in [0.717, 1.165) is 29.1 Å². The Hall–Kier alpha value is -3.01. The van der Waals surface area contributed by atoms with Gasteiger partial charge in [0.2, 0.25) is 5.43 Å². The van der Waals surface area contributed by atoms with Gasteiger partial charge in [0.15, 0.2) is 5.65 Å². The van der Waals surface area contributed by atoms with Crippen molar-refractivity contribution in [1.29, 1.82) is 0 Å². The standard InChI is InChI=1S/C26H29N5O3S/c32-23-18-9-10-21(30-13-15-34-16-14-30)29-24(18)31-19-7-3-4-8-20(19)35-26(31)22(23)25(33)28-12-11-27-17-5-1-2-6-17/h3-4,7-10,17,27H,1-2,5-6,11-16H2,(H,28,33). The summed E-state index contributed by atoms with van der Waals surface area (Å²) in [6.07, 6.45) is 4.93. The number of fused-ring (bicyclic) bond motifs is 5. The van der Waals surface area contributed by atoms with Gasteiger partial charge in [0.25, 0.3) is 5.91 Å². The molecule has 182 valence electrons. The number of pyridine rings is 2. The van der Waals surface area contributed by atoms with E-state index in [4.69, 9.17) is 9.72 Å². The molecule has 2 N–H and O–H groups in total. The quantitative estimate of drug-likeness (QED) is 0.403. The third-order valence-corrected chi connectivity index (χ3v) is 8.18. The Kier molecular flexibility index (Phi) is 6.13. The Bertz CT molecular complexity index is 1450. The van der Waals surface area contributed by atoms with Crippen LogP contribution in [0, 0.1) is 0 Å². The second-order valence-electron chi connectivity index (χ2n) is 9.25. The maximum Gasteiger partial charge on any atom is 0.258 e. The number of nitrogens with one attached hydrogen (secondary N) is 2. The Morgan fingerprint density at radius 3 is 2.71 bits per heavy atom. The van der Waals surface area contributed by atoms with E-state index in [1.54, 1.807) is 0 Å². The maximum absolute atomic E-state index is 13.6. The number of benzene rings is 1. The van der Waals surface area contributed by atoms with Crippen LogP contribution in [0.4, 0.5) is 5.82 Å². The molecule has 0 unspecified atom stereocenters. The third-order valence-electron chi connectivity index (χ3n) is 7.03. The van der Waals surface area contributed by atoms with E-state index in [0.29, 0.717) is 48.2 Å². The summed E-state index contributed by atoms with van der Waals surface area (Å²) in [5.41, 5.74) is 1.46. The first-order chi connectivity index (χ1) is 17.2. The highest BCUT2D eigenvalue weighted by Gasteiger charge is 2.24. The number of thiazole rings is 1. The molecule has 1 aliphatic carbocycles. The fourth-order valence-corrected chi connectivity index (χ4v) is 6.40. The van der Waals surface area contributed by atoms with Crippen molar-refractivity contribution in [3.8, 4) is 0 Å². The van der Waals surface area contributed by atoms with Crippen LogP contribution in [-0.2, 0) is 4.74 Å². The molecule has 0 radical (unpaired) electrons. The van der Waals surface area contributed by atoms with Gasteiger partial charge in [-0.25, -0.2) is 4.98 Å². The van der Waals surface area contributed by atoms with Crippen LogP contribution in [-0.4, -0.2) is 60.7 Å². The highest BCUT2D eigenvalue weighted by atomic mass is 32.1. The lowest BCUT2D eigenvalue weighted by Crippen LogP contribution is -2.37. The number of hydrogen-bond donors (Lipinski definition) is 2. The first-order valence-electron chi connectivity index (χ1n) is 12.4. The molecule has 3 aromatic heterocycles. The molecule has 0 spiro atoms. The van der Waals surface area contributed by atoms with E-state index in [1.165, 1.54) is 37.0 Å². The van der Waals surface area contributed by atoms with Crippen LogP contribution in [0.1, 0.15) is 36.0 Å². The number of morpholine rings is 1. The van der Waals surface area contributed by atoms with Crippen molar-refractivity contribution in [2.45, 2.75) is 31.7 Å². The molecule has 0 atom stereocenters. The number of para-hydroxylation sites is 1. The monoisotopic (exact) mass is 491 g/mol. The molecule has 0 bridgehead atoms. The molecule has 8 nitrogen and oxygen atoms in total. The third kappa shape index (κ3) is 4.17. The fourth-order valence-electron chi connectivity index (χ4n) is 5.22. The Balaban J connectivity index is 1.41. The van der Waals surface area contributed by atoms with Crippen LogP contribution in [0.5, 0.6) is 0 Å². The average Bonchev–Trinajstić information content (AvgIpc) is 3.55. The molecule has 9 heteroatoms. The van der Waals surface area contributed by atoms with Crippen molar-refractivity contribution in [2.75, 3.05) is 44.3 Å². The zero-order valence-corrected chi connectivity index (χ0v) is 20.4. The Morgan fingerprint density at radius 2 is 1.89 bits per heavy atom. The highest BCUT2D eigenvalue weighted by Crippen LogP contribution is 2.31. The molecule has 4 aromatic rings. The number of anilines is 1. The van der Waals surface area contributed by atoms with E-state index < -0.39 is 0 Å². The van der Waals surface area contributed by atoms with Gasteiger partial charge < -0.3 is 20.3 Å². The van der Waals surface area contributed by atoms with Crippen LogP contribution >= 0.6 is 11.3 Å². The number of carbonyl (C=O) groups excluding carboxylic acids is 1. The van der Waals surface area contributed by atoms with Gasteiger partial charge in [0.05, 0.1) is 28.8 Å². The van der Waals surface area contributed by atoms with Crippen LogP contribution in [0.15, 0.2) is 41.2 Å². The number of nitrogens with zero attached hydrogens (tertiary/aromatic N) is 3. The normalized spacial score (nSPS) is 17.1. The molecule has 1 saturated heterocycles. The molecule has 2 aliphatic rings. The van der Waals surface area contributed by atoms with E-state index in [9.17, 15) is 9.59 Å². The maximum atomic E-state index is 13.6. The molecule has 1 aromatic carbocycles. The summed E-state index contributed by atoms with van der Waals surface area (Å²) < 4.78 is 8.47. The summed E-state index contributed by atoms with van der Waals surface area (Å²) >= 11 is 1.46. The van der Waals surface area contributed by atoms with Crippen molar-refractivity contribution in [1.82, 2.24) is 20.0 Å². The number of aromatic nitrogens is 2. The lowest BCUT2D eigenvalue weighted by atomic mass is 10.1. The first kappa shape index (κ1) is 22.5. The van der Waals surface area contributed by atoms with Gasteiger partial charge in [-0.2, -0.15) is 0 Å². The van der Waals surface area contributed by atoms with Crippen molar-refractivity contribution in [2.24, 2.45) is 0 Å². The number of hydrogen-bond acceptors (Lipinski definition) is 7. The number of carbonyl (C=O) groups is 1. The SMILES string of the molecule is O=C(NCCNC1CCCC1)c1c(=O)c2ccc(N3CCOCC3)nc2n2c1sc1ccccc12. The van der Waals surface area contributed by atoms with E-state index >= 15 is 0 Å². The predicted molar refractivity (Wildman–Crippen MR) is 140 cm³/mol. The van der Waals surface area contributed by atoms with Crippen molar-refractivity contribution >= 4 is 49.1 Å². The van der Waals surface area contributed by atoms with Gasteiger partial charge >= 0.3 is 0 Å². The minimum atomic E-state index is -0.327. The number of amides is 1. The summed E-state index contributed by atoms with van der Waals surface area (Å²) in [6.45, 7) is 4.02. The van der Waals surface area contributed by atoms with Crippen LogP contribution < -0.4 is 21.0 Å². The van der Waals surface area contributed by atoms with E-state index in [2.05, 4.69) is 15.5 Å². The summed E-state index contributed by atoms with van der Waals surface area (Å²) in [5, 5.41) is 6.94. The Morgan fingerprint density at radius 1 is 1.09 bits per heavy atom. The predicted octanol–water partition coefficient (Wildman–Crippen LogP) is 3.16. The van der Waals surface area contributed by atoms with E-state index in [-0.39, 0.29) is 16.9 Å². The second-order valence-corrected chi connectivity index (χ2v) is 10.3. The molecule has 1 saturated carbocycles. The minimum Gasteiger partial charge on any atom is -0.378 e. The molecule has 1 aliphatic heterocycles. The lowest BCUT2D eigenvalue weighted by molar-refractivity contribution is 0.0954. The number of ether oxygens (including phenoxy) is 1. The van der Waals surface area contributed by atoms with Crippen molar-refractivity contribution in [3.63, 3.8) is 0 Å². The molecular formula is C26H29N5O3S. The fraction of sp³-hybridized carbons (Fsp3) is 0.423. The molecule has 6 rings (SSSR count). The van der Waals surface area contributed by atoms with Gasteiger partial charge in [0.1, 0.15) is 16.2 Å². The topological polar surface area (TPSA) is 88.0 Å². The number of rotatable bonds is 6. The van der Waals surface area contributed by atoms with Gasteiger partial charge in [-0.05, 0) is 37.1 Å². The van der Waals surface area contributed by atoms with Gasteiger partial charge in [0, 0.05) is 32.2 Å². The summed E-state index contributed by atoms with van der Waals surface area (Å²) in [6, 6.07) is 12.2. The summed E-state index contributed by atoms with van der Waals surface area (Å²) in [7, 11) is 0. The second kappa shape index (κ2) is 9.56. The minimum absolute atomic E-state index is 0.195. The first-order valence-corrected chi connectivity index (χ1v) is 13.2. The molecule has 1 amide bonds. The Labute approximate surface area is 206 Å². The molecule has 35 heavy (non-hydrogen) atoms. The zero-order valence-electron chi connectivity index (χ0n) is 19.6. The van der Waals surface area contributed by atoms with Crippen molar-refractivity contribution in [3.05, 3.63) is 52.2 Å². The van der Waals surface area contributed by atoms with Crippen LogP contribution in [0.3, 0.4) is 0 Å². The van der Waals surface area contributed by atoms with Gasteiger partial charge in [-0.15, -0.1) is 11.3 Å². The van der Waals surface area contributed by atoms with E-state index in [1.807, 2.05) is 40.8 Å². The smallest absolute Gasteiger partial charge is 0.258 e.